The molecule has 1 amide bonds. The molecule has 0 bridgehead atoms. The SMILES string of the molecule is Cc1cc(C(=O)N2CCC(N3CCOCC3)C2)c2ccccc2n1. The van der Waals surface area contributed by atoms with E-state index in [0.717, 1.165) is 68.0 Å². The molecule has 0 aliphatic carbocycles. The molecule has 0 N–H and O–H groups in total. The van der Waals surface area contributed by atoms with Gasteiger partial charge in [0.2, 0.25) is 0 Å². The lowest BCUT2D eigenvalue weighted by Gasteiger charge is -2.32. The van der Waals surface area contributed by atoms with Gasteiger partial charge in [-0.05, 0) is 25.5 Å². The van der Waals surface area contributed by atoms with E-state index in [0.29, 0.717) is 6.04 Å². The first kappa shape index (κ1) is 15.5. The number of carbonyl (C=O) groups is 1. The van der Waals surface area contributed by atoms with Crippen molar-refractivity contribution in [2.45, 2.75) is 19.4 Å². The second kappa shape index (κ2) is 6.49. The van der Waals surface area contributed by atoms with Gasteiger partial charge in [0.25, 0.3) is 5.91 Å². The number of nitrogens with zero attached hydrogens (tertiary/aromatic N) is 3. The molecule has 24 heavy (non-hydrogen) atoms. The fourth-order valence-electron chi connectivity index (χ4n) is 3.82. The number of aromatic nitrogens is 1. The topological polar surface area (TPSA) is 45.7 Å². The molecule has 4 rings (SSSR count). The van der Waals surface area contributed by atoms with E-state index in [1.54, 1.807) is 0 Å². The number of para-hydroxylation sites is 1. The van der Waals surface area contributed by atoms with Crippen molar-refractivity contribution in [2.75, 3.05) is 39.4 Å². The molecule has 0 spiro atoms. The molecule has 0 saturated carbocycles. The molecule has 1 atom stereocenters. The highest BCUT2D eigenvalue weighted by atomic mass is 16.5. The van der Waals surface area contributed by atoms with Crippen LogP contribution in [-0.4, -0.2) is 66.1 Å². The fourth-order valence-corrected chi connectivity index (χ4v) is 3.82. The third kappa shape index (κ3) is 2.89. The lowest BCUT2D eigenvalue weighted by Crippen LogP contribution is -2.45. The van der Waals surface area contributed by atoms with Gasteiger partial charge in [0.1, 0.15) is 0 Å². The normalized spacial score (nSPS) is 22.2. The number of carbonyl (C=O) groups excluding carboxylic acids is 1. The molecule has 5 nitrogen and oxygen atoms in total. The van der Waals surface area contributed by atoms with Crippen LogP contribution in [0.1, 0.15) is 22.5 Å². The van der Waals surface area contributed by atoms with Crippen molar-refractivity contribution in [3.05, 3.63) is 41.6 Å². The molecule has 2 fully saturated rings. The number of rotatable bonds is 2. The molecule has 1 aromatic carbocycles. The third-order valence-corrected chi connectivity index (χ3v) is 5.09. The summed E-state index contributed by atoms with van der Waals surface area (Å²) in [4.78, 5) is 22.1. The number of fused-ring (bicyclic) bond motifs is 1. The summed E-state index contributed by atoms with van der Waals surface area (Å²) in [5.41, 5.74) is 2.56. The van der Waals surface area contributed by atoms with Crippen LogP contribution in [0.3, 0.4) is 0 Å². The molecule has 126 valence electrons. The number of ether oxygens (including phenoxy) is 1. The molecule has 1 aromatic heterocycles. The van der Waals surface area contributed by atoms with E-state index in [9.17, 15) is 4.79 Å². The van der Waals surface area contributed by atoms with Gasteiger partial charge in [-0.15, -0.1) is 0 Å². The molecular formula is C19H23N3O2. The number of hydrogen-bond donors (Lipinski definition) is 0. The smallest absolute Gasteiger partial charge is 0.254 e. The Hall–Kier alpha value is -1.98. The second-order valence-corrected chi connectivity index (χ2v) is 6.67. The van der Waals surface area contributed by atoms with Crippen LogP contribution < -0.4 is 0 Å². The van der Waals surface area contributed by atoms with Gasteiger partial charge in [-0.2, -0.15) is 0 Å². The highest BCUT2D eigenvalue weighted by Gasteiger charge is 2.32. The predicted octanol–water partition coefficient (Wildman–Crippen LogP) is 2.09. The molecule has 0 radical (unpaired) electrons. The number of pyridine rings is 1. The fraction of sp³-hybridized carbons (Fsp3) is 0.474. The van der Waals surface area contributed by atoms with Crippen molar-refractivity contribution >= 4 is 16.8 Å². The van der Waals surface area contributed by atoms with Gasteiger partial charge in [-0.1, -0.05) is 18.2 Å². The van der Waals surface area contributed by atoms with E-state index in [4.69, 9.17) is 4.74 Å². The van der Waals surface area contributed by atoms with Crippen molar-refractivity contribution < 1.29 is 9.53 Å². The van der Waals surface area contributed by atoms with Gasteiger partial charge >= 0.3 is 0 Å². The van der Waals surface area contributed by atoms with E-state index >= 15 is 0 Å². The van der Waals surface area contributed by atoms with Crippen LogP contribution in [0.15, 0.2) is 30.3 Å². The quantitative estimate of drug-likeness (QED) is 0.848. The summed E-state index contributed by atoms with van der Waals surface area (Å²) < 4.78 is 5.44. The number of morpholine rings is 1. The first-order chi connectivity index (χ1) is 11.7. The van der Waals surface area contributed by atoms with Gasteiger partial charge in [-0.25, -0.2) is 0 Å². The largest absolute Gasteiger partial charge is 0.379 e. The Balaban J connectivity index is 1.56. The lowest BCUT2D eigenvalue weighted by molar-refractivity contribution is 0.0185. The first-order valence-corrected chi connectivity index (χ1v) is 8.70. The highest BCUT2D eigenvalue weighted by molar-refractivity contribution is 6.06. The number of aryl methyl sites for hydroxylation is 1. The Kier molecular flexibility index (Phi) is 4.21. The van der Waals surface area contributed by atoms with Gasteiger partial charge in [0.15, 0.2) is 0 Å². The Labute approximate surface area is 142 Å². The Morgan fingerprint density at radius 1 is 1.21 bits per heavy atom. The number of likely N-dealkylation sites (tertiary alicyclic amines) is 1. The summed E-state index contributed by atoms with van der Waals surface area (Å²) in [6, 6.07) is 10.3. The average molecular weight is 325 g/mol. The molecule has 3 heterocycles. The average Bonchev–Trinajstić information content (AvgIpc) is 3.11. The minimum Gasteiger partial charge on any atom is -0.379 e. The predicted molar refractivity (Wildman–Crippen MR) is 93.2 cm³/mol. The molecular weight excluding hydrogens is 302 g/mol. The monoisotopic (exact) mass is 325 g/mol. The maximum Gasteiger partial charge on any atom is 0.254 e. The van der Waals surface area contributed by atoms with Crippen molar-refractivity contribution in [3.8, 4) is 0 Å². The minimum absolute atomic E-state index is 0.132. The Morgan fingerprint density at radius 2 is 2.00 bits per heavy atom. The van der Waals surface area contributed by atoms with Crippen molar-refractivity contribution in [2.24, 2.45) is 0 Å². The van der Waals surface area contributed by atoms with Crippen LogP contribution >= 0.6 is 0 Å². The van der Waals surface area contributed by atoms with Crippen LogP contribution in [0.25, 0.3) is 10.9 Å². The standard InChI is InChI=1S/C19H23N3O2/c1-14-12-17(16-4-2-3-5-18(16)20-14)19(23)22-7-6-15(13-22)21-8-10-24-11-9-21/h2-5,12,15H,6-11,13H2,1H3. The van der Waals surface area contributed by atoms with Crippen LogP contribution in [0.4, 0.5) is 0 Å². The summed E-state index contributed by atoms with van der Waals surface area (Å²) in [5, 5.41) is 0.947. The molecule has 5 heteroatoms. The zero-order valence-electron chi connectivity index (χ0n) is 14.1. The van der Waals surface area contributed by atoms with E-state index in [2.05, 4.69) is 9.88 Å². The zero-order chi connectivity index (χ0) is 16.5. The molecule has 2 aliphatic heterocycles. The summed E-state index contributed by atoms with van der Waals surface area (Å²) in [6.07, 6.45) is 1.05. The minimum atomic E-state index is 0.132. The number of benzene rings is 1. The molecule has 1 unspecified atom stereocenters. The van der Waals surface area contributed by atoms with Crippen molar-refractivity contribution in [1.82, 2.24) is 14.8 Å². The lowest BCUT2D eigenvalue weighted by atomic mass is 10.1. The van der Waals surface area contributed by atoms with E-state index in [-0.39, 0.29) is 5.91 Å². The summed E-state index contributed by atoms with van der Waals surface area (Å²) in [7, 11) is 0. The molecule has 2 aromatic rings. The van der Waals surface area contributed by atoms with E-state index < -0.39 is 0 Å². The van der Waals surface area contributed by atoms with E-state index in [1.807, 2.05) is 42.2 Å². The van der Waals surface area contributed by atoms with Gasteiger partial charge < -0.3 is 9.64 Å². The number of hydrogen-bond acceptors (Lipinski definition) is 4. The Morgan fingerprint density at radius 3 is 2.83 bits per heavy atom. The zero-order valence-corrected chi connectivity index (χ0v) is 14.1. The highest BCUT2D eigenvalue weighted by Crippen LogP contribution is 2.23. The van der Waals surface area contributed by atoms with Gasteiger partial charge in [-0.3, -0.25) is 14.7 Å². The first-order valence-electron chi connectivity index (χ1n) is 8.70. The van der Waals surface area contributed by atoms with Crippen LogP contribution in [-0.2, 0) is 4.74 Å². The van der Waals surface area contributed by atoms with Crippen LogP contribution in [0.5, 0.6) is 0 Å². The van der Waals surface area contributed by atoms with E-state index in [1.165, 1.54) is 0 Å². The Bertz CT molecular complexity index is 755. The maximum absolute atomic E-state index is 13.1. The van der Waals surface area contributed by atoms with Crippen LogP contribution in [0.2, 0.25) is 0 Å². The summed E-state index contributed by atoms with van der Waals surface area (Å²) in [5.74, 6) is 0.132. The van der Waals surface area contributed by atoms with Crippen LogP contribution in [0, 0.1) is 6.92 Å². The van der Waals surface area contributed by atoms with Crippen molar-refractivity contribution in [1.29, 1.82) is 0 Å². The number of amides is 1. The van der Waals surface area contributed by atoms with Gasteiger partial charge in [0, 0.05) is 43.3 Å². The maximum atomic E-state index is 13.1. The third-order valence-electron chi connectivity index (χ3n) is 5.09. The second-order valence-electron chi connectivity index (χ2n) is 6.67. The van der Waals surface area contributed by atoms with Gasteiger partial charge in [0.05, 0.1) is 24.3 Å². The summed E-state index contributed by atoms with van der Waals surface area (Å²) in [6.45, 7) is 7.15. The molecule has 2 aliphatic rings. The van der Waals surface area contributed by atoms with Crippen molar-refractivity contribution in [3.63, 3.8) is 0 Å². The molecule has 2 saturated heterocycles. The summed E-state index contributed by atoms with van der Waals surface area (Å²) >= 11 is 0.